The number of ether oxygens (including phenoxy) is 1. The largest absolute Gasteiger partial charge is 0.507 e. The lowest BCUT2D eigenvalue weighted by Crippen LogP contribution is -2.42. The van der Waals surface area contributed by atoms with E-state index in [0.717, 1.165) is 28.5 Å². The molecule has 0 spiro atoms. The highest BCUT2D eigenvalue weighted by molar-refractivity contribution is 7.89. The van der Waals surface area contributed by atoms with E-state index in [1.54, 1.807) is 0 Å². The summed E-state index contributed by atoms with van der Waals surface area (Å²) in [5.41, 5.74) is 2.11. The van der Waals surface area contributed by atoms with Crippen molar-refractivity contribution in [3.63, 3.8) is 0 Å². The van der Waals surface area contributed by atoms with E-state index in [1.807, 2.05) is 24.3 Å². The fourth-order valence-electron chi connectivity index (χ4n) is 4.75. The molecule has 1 atom stereocenters. The number of nitrogens with zero attached hydrogens (tertiary/aromatic N) is 3. The normalized spacial score (nSPS) is 20.6. The van der Waals surface area contributed by atoms with Crippen molar-refractivity contribution in [3.8, 4) is 0 Å². The van der Waals surface area contributed by atoms with Crippen LogP contribution in [0.2, 0.25) is 0 Å². The van der Waals surface area contributed by atoms with Crippen LogP contribution < -0.4 is 0 Å². The first-order valence-corrected chi connectivity index (χ1v) is 14.2. The molecule has 1 amide bonds. The molecule has 1 unspecified atom stereocenters. The molecule has 0 aliphatic carbocycles. The summed E-state index contributed by atoms with van der Waals surface area (Å²) < 4.78 is 31.4. The summed E-state index contributed by atoms with van der Waals surface area (Å²) in [4.78, 5) is 30.3. The van der Waals surface area contributed by atoms with Crippen LogP contribution in [0, 0.1) is 0 Å². The molecule has 1 N–H and O–H groups in total. The summed E-state index contributed by atoms with van der Waals surface area (Å²) in [6.07, 6.45) is 0. The number of likely N-dealkylation sites (tertiary alicyclic amines) is 1. The van der Waals surface area contributed by atoms with Gasteiger partial charge in [0.25, 0.3) is 11.7 Å². The summed E-state index contributed by atoms with van der Waals surface area (Å²) in [6, 6.07) is 12.6. The molecule has 0 bridgehead atoms. The van der Waals surface area contributed by atoms with E-state index in [2.05, 4.69) is 18.7 Å². The zero-order valence-corrected chi connectivity index (χ0v) is 23.1. The van der Waals surface area contributed by atoms with Crippen molar-refractivity contribution in [3.05, 3.63) is 70.8 Å². The Bertz CT molecular complexity index is 1310. The summed E-state index contributed by atoms with van der Waals surface area (Å²) in [5.74, 6) is -1.44. The molecule has 2 aromatic carbocycles. The minimum absolute atomic E-state index is 0.00232. The van der Waals surface area contributed by atoms with Crippen LogP contribution in [-0.2, 0) is 24.3 Å². The lowest BCUT2D eigenvalue weighted by molar-refractivity contribution is -0.140. The maximum absolute atomic E-state index is 13.3. The lowest BCUT2D eigenvalue weighted by atomic mass is 9.93. The van der Waals surface area contributed by atoms with Crippen LogP contribution in [0.1, 0.15) is 42.5 Å². The summed E-state index contributed by atoms with van der Waals surface area (Å²) in [6.45, 7) is 7.82. The molecule has 204 valence electrons. The van der Waals surface area contributed by atoms with Crippen molar-refractivity contribution in [2.45, 2.75) is 30.7 Å². The first kappa shape index (κ1) is 28.0. The average Bonchev–Trinajstić information content (AvgIpc) is 3.17. The molecule has 4 rings (SSSR count). The van der Waals surface area contributed by atoms with Gasteiger partial charge in [-0.15, -0.1) is 0 Å². The SMILES string of the molecule is CC(C)c1ccc(C2/C(=C(/O)c3ccc(S(=O)(=O)N(C)C)cc3)C(=O)C(=O)N2CCN2CCOCC2)cc1. The molecule has 0 radical (unpaired) electrons. The fraction of sp³-hybridized carbons (Fsp3) is 0.429. The number of hydrogen-bond acceptors (Lipinski definition) is 7. The highest BCUT2D eigenvalue weighted by atomic mass is 32.2. The second-order valence-electron chi connectivity index (χ2n) is 10.1. The zero-order chi connectivity index (χ0) is 27.6. The minimum atomic E-state index is -3.66. The van der Waals surface area contributed by atoms with Gasteiger partial charge in [-0.2, -0.15) is 0 Å². The van der Waals surface area contributed by atoms with Crippen LogP contribution in [0.15, 0.2) is 59.0 Å². The molecule has 0 saturated carbocycles. The van der Waals surface area contributed by atoms with Crippen LogP contribution in [0.5, 0.6) is 0 Å². The Hall–Kier alpha value is -3.05. The maximum Gasteiger partial charge on any atom is 0.295 e. The fourth-order valence-corrected chi connectivity index (χ4v) is 5.65. The van der Waals surface area contributed by atoms with Crippen LogP contribution >= 0.6 is 0 Å². The number of sulfonamides is 1. The van der Waals surface area contributed by atoms with Gasteiger partial charge in [-0.1, -0.05) is 38.1 Å². The number of Topliss-reactive ketones (excluding diaryl/α,β-unsaturated/α-hetero) is 1. The average molecular weight is 542 g/mol. The molecular weight excluding hydrogens is 506 g/mol. The third kappa shape index (κ3) is 5.54. The topological polar surface area (TPSA) is 107 Å². The molecule has 2 aliphatic heterocycles. The number of ketones is 1. The Balaban J connectivity index is 1.74. The standard InChI is InChI=1S/C28H35N3O6S/c1-19(2)20-5-7-21(8-6-20)25-24(26(32)22-9-11-23(12-10-22)38(35,36)29(3)4)27(33)28(34)31(25)14-13-30-15-17-37-18-16-30/h5-12,19,25,32H,13-18H2,1-4H3/b26-24-. The van der Waals surface area contributed by atoms with E-state index in [4.69, 9.17) is 4.74 Å². The van der Waals surface area contributed by atoms with Crippen molar-refractivity contribution < 1.29 is 27.9 Å². The Labute approximate surface area is 224 Å². The van der Waals surface area contributed by atoms with E-state index in [9.17, 15) is 23.1 Å². The molecule has 38 heavy (non-hydrogen) atoms. The summed E-state index contributed by atoms with van der Waals surface area (Å²) >= 11 is 0. The number of aliphatic hydroxyl groups excluding tert-OH is 1. The number of carbonyl (C=O) groups excluding carboxylic acids is 2. The van der Waals surface area contributed by atoms with E-state index in [1.165, 1.54) is 43.3 Å². The Morgan fingerprint density at radius 1 is 1.00 bits per heavy atom. The summed E-state index contributed by atoms with van der Waals surface area (Å²) in [7, 11) is -0.784. The highest BCUT2D eigenvalue weighted by Gasteiger charge is 2.46. The van der Waals surface area contributed by atoms with E-state index < -0.39 is 27.8 Å². The number of benzene rings is 2. The first-order chi connectivity index (χ1) is 18.0. The monoisotopic (exact) mass is 541 g/mol. The number of rotatable bonds is 8. The molecule has 2 aromatic rings. The summed E-state index contributed by atoms with van der Waals surface area (Å²) in [5, 5.41) is 11.3. The number of hydrogen-bond donors (Lipinski definition) is 1. The van der Waals surface area contributed by atoms with Crippen molar-refractivity contribution in [1.82, 2.24) is 14.1 Å². The molecule has 2 fully saturated rings. The van der Waals surface area contributed by atoms with Crippen LogP contribution in [0.25, 0.3) is 5.76 Å². The van der Waals surface area contributed by atoms with Gasteiger partial charge in [-0.3, -0.25) is 14.5 Å². The molecule has 0 aromatic heterocycles. The molecule has 2 saturated heterocycles. The Kier molecular flexibility index (Phi) is 8.37. The third-order valence-corrected chi connectivity index (χ3v) is 8.96. The molecule has 10 heteroatoms. The second kappa shape index (κ2) is 11.4. The first-order valence-electron chi connectivity index (χ1n) is 12.7. The quantitative estimate of drug-likeness (QED) is 0.311. The van der Waals surface area contributed by atoms with Crippen molar-refractivity contribution in [1.29, 1.82) is 0 Å². The van der Waals surface area contributed by atoms with Gasteiger partial charge < -0.3 is 14.7 Å². The van der Waals surface area contributed by atoms with Gasteiger partial charge in [0.2, 0.25) is 10.0 Å². The van der Waals surface area contributed by atoms with Gasteiger partial charge in [0.15, 0.2) is 0 Å². The maximum atomic E-state index is 13.3. The number of morpholine rings is 1. The van der Waals surface area contributed by atoms with Crippen LogP contribution in [-0.4, -0.2) is 92.8 Å². The van der Waals surface area contributed by atoms with Crippen LogP contribution in [0.4, 0.5) is 0 Å². The Morgan fingerprint density at radius 3 is 2.16 bits per heavy atom. The van der Waals surface area contributed by atoms with E-state index in [-0.39, 0.29) is 21.8 Å². The van der Waals surface area contributed by atoms with Crippen molar-refractivity contribution in [2.75, 3.05) is 53.5 Å². The van der Waals surface area contributed by atoms with Gasteiger partial charge in [-0.25, -0.2) is 12.7 Å². The number of amides is 1. The van der Waals surface area contributed by atoms with Gasteiger partial charge in [0.1, 0.15) is 5.76 Å². The van der Waals surface area contributed by atoms with Crippen molar-refractivity contribution in [2.24, 2.45) is 0 Å². The van der Waals surface area contributed by atoms with Gasteiger partial charge in [0, 0.05) is 45.8 Å². The second-order valence-corrected chi connectivity index (χ2v) is 12.2. The Morgan fingerprint density at radius 2 is 1.61 bits per heavy atom. The third-order valence-electron chi connectivity index (χ3n) is 7.13. The smallest absolute Gasteiger partial charge is 0.295 e. The van der Waals surface area contributed by atoms with Crippen LogP contribution in [0.3, 0.4) is 0 Å². The van der Waals surface area contributed by atoms with E-state index in [0.29, 0.717) is 32.2 Å². The van der Waals surface area contributed by atoms with Gasteiger partial charge in [-0.05, 0) is 41.3 Å². The molecule has 2 aliphatic rings. The van der Waals surface area contributed by atoms with E-state index >= 15 is 0 Å². The highest BCUT2D eigenvalue weighted by Crippen LogP contribution is 2.39. The van der Waals surface area contributed by atoms with Crippen molar-refractivity contribution >= 4 is 27.5 Å². The number of carbonyl (C=O) groups is 2. The zero-order valence-electron chi connectivity index (χ0n) is 22.3. The molecule has 2 heterocycles. The minimum Gasteiger partial charge on any atom is -0.507 e. The number of aliphatic hydroxyl groups is 1. The van der Waals surface area contributed by atoms with Gasteiger partial charge in [0.05, 0.1) is 29.7 Å². The molecule has 9 nitrogen and oxygen atoms in total. The lowest BCUT2D eigenvalue weighted by Gasteiger charge is -2.31. The predicted octanol–water partition coefficient (Wildman–Crippen LogP) is 2.81. The molecular formula is C28H35N3O6S. The van der Waals surface area contributed by atoms with Gasteiger partial charge >= 0.3 is 0 Å². The predicted molar refractivity (Wildman–Crippen MR) is 144 cm³/mol.